The van der Waals surface area contributed by atoms with Crippen molar-refractivity contribution in [3.8, 4) is 11.5 Å². The Morgan fingerprint density at radius 3 is 2.56 bits per heavy atom. The van der Waals surface area contributed by atoms with Crippen LogP contribution in [-0.4, -0.2) is 22.7 Å². The SMILES string of the molecule is O=C(Nc1ccc(F)c(Cl)c1)c1cnc(Nc2ccc3c(c2)OCO3)nc1. The van der Waals surface area contributed by atoms with Gasteiger partial charge in [-0.1, -0.05) is 11.6 Å². The molecule has 3 aromatic rings. The van der Waals surface area contributed by atoms with Gasteiger partial charge in [0.05, 0.1) is 10.6 Å². The molecule has 2 N–H and O–H groups in total. The van der Waals surface area contributed by atoms with Crippen LogP contribution in [0.2, 0.25) is 5.02 Å². The maximum atomic E-state index is 13.2. The Kier molecular flexibility index (Phi) is 4.47. The van der Waals surface area contributed by atoms with Crippen LogP contribution in [0.1, 0.15) is 10.4 Å². The van der Waals surface area contributed by atoms with Crippen LogP contribution in [0.3, 0.4) is 0 Å². The van der Waals surface area contributed by atoms with E-state index in [-0.39, 0.29) is 17.4 Å². The standard InChI is InChI=1S/C18H12ClFN4O3/c19-13-5-11(1-3-14(13)20)23-17(25)10-7-21-18(22-8-10)24-12-2-4-15-16(6-12)27-9-26-15/h1-8H,9H2,(H,23,25)(H,21,22,24). The van der Waals surface area contributed by atoms with Gasteiger partial charge in [-0.05, 0) is 30.3 Å². The fraction of sp³-hybridized carbons (Fsp3) is 0.0556. The summed E-state index contributed by atoms with van der Waals surface area (Å²) < 4.78 is 23.7. The largest absolute Gasteiger partial charge is 0.454 e. The Bertz CT molecular complexity index is 1010. The number of hydrogen-bond acceptors (Lipinski definition) is 6. The molecule has 0 fully saturated rings. The van der Waals surface area contributed by atoms with Crippen molar-refractivity contribution in [2.45, 2.75) is 0 Å². The maximum Gasteiger partial charge on any atom is 0.258 e. The summed E-state index contributed by atoms with van der Waals surface area (Å²) in [5.41, 5.74) is 1.33. The molecule has 0 unspecified atom stereocenters. The number of hydrogen-bond donors (Lipinski definition) is 2. The topological polar surface area (TPSA) is 85.4 Å². The molecule has 0 atom stereocenters. The molecular formula is C18H12ClFN4O3. The zero-order valence-electron chi connectivity index (χ0n) is 13.7. The van der Waals surface area contributed by atoms with Gasteiger partial charge in [-0.15, -0.1) is 0 Å². The van der Waals surface area contributed by atoms with Gasteiger partial charge in [-0.3, -0.25) is 4.79 Å². The van der Waals surface area contributed by atoms with E-state index in [4.69, 9.17) is 21.1 Å². The average Bonchev–Trinajstić information content (AvgIpc) is 3.13. The summed E-state index contributed by atoms with van der Waals surface area (Å²) in [6.45, 7) is 0.193. The van der Waals surface area contributed by atoms with Gasteiger partial charge in [0.15, 0.2) is 11.5 Å². The molecule has 0 saturated carbocycles. The van der Waals surface area contributed by atoms with Gasteiger partial charge in [0.25, 0.3) is 5.91 Å². The zero-order valence-corrected chi connectivity index (χ0v) is 14.5. The minimum Gasteiger partial charge on any atom is -0.454 e. The highest BCUT2D eigenvalue weighted by molar-refractivity contribution is 6.31. The molecule has 0 bridgehead atoms. The normalized spacial score (nSPS) is 11.9. The number of carbonyl (C=O) groups excluding carboxylic acids is 1. The third-order valence-electron chi connectivity index (χ3n) is 3.72. The Hall–Kier alpha value is -3.39. The minimum atomic E-state index is -0.558. The molecule has 27 heavy (non-hydrogen) atoms. The van der Waals surface area contributed by atoms with Gasteiger partial charge in [0, 0.05) is 29.8 Å². The number of amides is 1. The maximum absolute atomic E-state index is 13.2. The van der Waals surface area contributed by atoms with Gasteiger partial charge in [0.2, 0.25) is 12.7 Å². The first-order valence-electron chi connectivity index (χ1n) is 7.83. The number of ether oxygens (including phenoxy) is 2. The number of nitrogens with zero attached hydrogens (tertiary/aromatic N) is 2. The molecule has 1 amide bonds. The van der Waals surface area contributed by atoms with Gasteiger partial charge >= 0.3 is 0 Å². The predicted molar refractivity (Wildman–Crippen MR) is 97.2 cm³/mol. The summed E-state index contributed by atoms with van der Waals surface area (Å²) in [6.07, 6.45) is 2.76. The number of nitrogens with one attached hydrogen (secondary N) is 2. The fourth-order valence-electron chi connectivity index (χ4n) is 2.39. The zero-order chi connectivity index (χ0) is 18.8. The summed E-state index contributed by atoms with van der Waals surface area (Å²) in [6, 6.07) is 9.26. The number of fused-ring (bicyclic) bond motifs is 1. The van der Waals surface area contributed by atoms with Crippen molar-refractivity contribution in [1.82, 2.24) is 9.97 Å². The predicted octanol–water partition coefficient (Wildman–Crippen LogP) is 3.99. The second-order valence-electron chi connectivity index (χ2n) is 5.57. The molecular weight excluding hydrogens is 375 g/mol. The van der Waals surface area contributed by atoms with Crippen LogP contribution in [-0.2, 0) is 0 Å². The molecule has 9 heteroatoms. The van der Waals surface area contributed by atoms with E-state index in [1.165, 1.54) is 30.6 Å². The van der Waals surface area contributed by atoms with Gasteiger partial charge in [-0.2, -0.15) is 0 Å². The molecule has 0 radical (unpaired) electrons. The molecule has 4 rings (SSSR count). The summed E-state index contributed by atoms with van der Waals surface area (Å²) in [5.74, 6) is 0.628. The fourth-order valence-corrected chi connectivity index (χ4v) is 2.57. The Balaban J connectivity index is 1.43. The lowest BCUT2D eigenvalue weighted by Gasteiger charge is -2.08. The third kappa shape index (κ3) is 3.75. The second-order valence-corrected chi connectivity index (χ2v) is 5.98. The first-order valence-corrected chi connectivity index (χ1v) is 8.21. The quantitative estimate of drug-likeness (QED) is 0.705. The van der Waals surface area contributed by atoms with Crippen LogP contribution < -0.4 is 20.1 Å². The van der Waals surface area contributed by atoms with Crippen molar-refractivity contribution in [1.29, 1.82) is 0 Å². The van der Waals surface area contributed by atoms with E-state index in [0.717, 1.165) is 5.69 Å². The number of rotatable bonds is 4. The van der Waals surface area contributed by atoms with Crippen molar-refractivity contribution in [3.63, 3.8) is 0 Å². The Morgan fingerprint density at radius 1 is 1.04 bits per heavy atom. The molecule has 1 aromatic heterocycles. The number of benzene rings is 2. The van der Waals surface area contributed by atoms with Gasteiger partial charge < -0.3 is 20.1 Å². The van der Waals surface area contributed by atoms with Crippen LogP contribution in [0.25, 0.3) is 0 Å². The molecule has 1 aliphatic rings. The first-order chi connectivity index (χ1) is 13.1. The van der Waals surface area contributed by atoms with E-state index in [2.05, 4.69) is 20.6 Å². The van der Waals surface area contributed by atoms with E-state index >= 15 is 0 Å². The molecule has 0 aliphatic carbocycles. The number of aromatic nitrogens is 2. The smallest absolute Gasteiger partial charge is 0.258 e. The lowest BCUT2D eigenvalue weighted by atomic mass is 10.2. The average molecular weight is 387 g/mol. The lowest BCUT2D eigenvalue weighted by molar-refractivity contribution is 0.102. The van der Waals surface area contributed by atoms with Crippen molar-refractivity contribution in [2.24, 2.45) is 0 Å². The molecule has 2 aromatic carbocycles. The van der Waals surface area contributed by atoms with Gasteiger partial charge in [-0.25, -0.2) is 14.4 Å². The lowest BCUT2D eigenvalue weighted by Crippen LogP contribution is -2.13. The summed E-state index contributed by atoms with van der Waals surface area (Å²) in [7, 11) is 0. The van der Waals surface area contributed by atoms with Crippen molar-refractivity contribution in [3.05, 3.63) is 65.2 Å². The van der Waals surface area contributed by atoms with E-state index < -0.39 is 11.7 Å². The van der Waals surface area contributed by atoms with E-state index in [9.17, 15) is 9.18 Å². The van der Waals surface area contributed by atoms with E-state index in [0.29, 0.717) is 23.1 Å². The highest BCUT2D eigenvalue weighted by Gasteiger charge is 2.14. The summed E-state index contributed by atoms with van der Waals surface area (Å²) in [4.78, 5) is 20.5. The highest BCUT2D eigenvalue weighted by Crippen LogP contribution is 2.34. The van der Waals surface area contributed by atoms with Gasteiger partial charge in [0.1, 0.15) is 5.82 Å². The molecule has 0 spiro atoms. The Labute approximate surface area is 158 Å². The monoisotopic (exact) mass is 386 g/mol. The van der Waals surface area contributed by atoms with Crippen LogP contribution in [0.15, 0.2) is 48.8 Å². The highest BCUT2D eigenvalue weighted by atomic mass is 35.5. The first kappa shape index (κ1) is 17.0. The summed E-state index contributed by atoms with van der Waals surface area (Å²) >= 11 is 5.70. The third-order valence-corrected chi connectivity index (χ3v) is 4.01. The molecule has 2 heterocycles. The van der Waals surface area contributed by atoms with Crippen LogP contribution >= 0.6 is 11.6 Å². The second kappa shape index (κ2) is 7.08. The van der Waals surface area contributed by atoms with E-state index in [1.807, 2.05) is 0 Å². The van der Waals surface area contributed by atoms with Crippen molar-refractivity contribution >= 4 is 34.8 Å². The van der Waals surface area contributed by atoms with Crippen molar-refractivity contribution < 1.29 is 18.7 Å². The number of anilines is 3. The number of halogens is 2. The van der Waals surface area contributed by atoms with Crippen LogP contribution in [0.5, 0.6) is 11.5 Å². The number of carbonyl (C=O) groups is 1. The van der Waals surface area contributed by atoms with Crippen LogP contribution in [0.4, 0.5) is 21.7 Å². The van der Waals surface area contributed by atoms with Crippen molar-refractivity contribution in [2.75, 3.05) is 17.4 Å². The Morgan fingerprint density at radius 2 is 1.78 bits per heavy atom. The molecule has 136 valence electrons. The molecule has 0 saturated heterocycles. The summed E-state index contributed by atoms with van der Waals surface area (Å²) in [5, 5.41) is 5.54. The molecule has 7 nitrogen and oxygen atoms in total. The minimum absolute atomic E-state index is 0.0766. The van der Waals surface area contributed by atoms with Crippen LogP contribution in [0, 0.1) is 5.82 Å². The van der Waals surface area contributed by atoms with E-state index in [1.54, 1.807) is 18.2 Å². The molecule has 1 aliphatic heterocycles.